The van der Waals surface area contributed by atoms with Crippen molar-refractivity contribution in [2.24, 2.45) is 4.99 Å². The highest BCUT2D eigenvalue weighted by atomic mass is 32.1. The van der Waals surface area contributed by atoms with Gasteiger partial charge >= 0.3 is 0 Å². The molecule has 1 rings (SSSR count). The number of hydrogen-bond acceptors (Lipinski definition) is 3. The molecule has 0 atom stereocenters. The highest BCUT2D eigenvalue weighted by Gasteiger charge is 2.20. The van der Waals surface area contributed by atoms with Gasteiger partial charge in [-0.15, -0.1) is 11.3 Å². The van der Waals surface area contributed by atoms with E-state index in [0.29, 0.717) is 0 Å². The van der Waals surface area contributed by atoms with Gasteiger partial charge < -0.3 is 5.41 Å². The molecule has 0 aromatic carbocycles. The fourth-order valence-corrected chi connectivity index (χ4v) is 2.47. The summed E-state index contributed by atoms with van der Waals surface area (Å²) in [5, 5.41) is 10.4. The Labute approximate surface area is 89.2 Å². The Balaban J connectivity index is 3.27. The van der Waals surface area contributed by atoms with E-state index >= 15 is 0 Å². The van der Waals surface area contributed by atoms with Crippen LogP contribution in [0, 0.1) is 5.41 Å². The highest BCUT2D eigenvalue weighted by molar-refractivity contribution is 7.14. The third-order valence-electron chi connectivity index (χ3n) is 2.01. The van der Waals surface area contributed by atoms with Crippen molar-refractivity contribution in [1.29, 1.82) is 5.41 Å². The van der Waals surface area contributed by atoms with E-state index in [2.05, 4.69) is 31.1 Å². The summed E-state index contributed by atoms with van der Waals surface area (Å²) in [6, 6.07) is 0. The second kappa shape index (κ2) is 4.05. The van der Waals surface area contributed by atoms with E-state index in [9.17, 15) is 0 Å². The zero-order valence-electron chi connectivity index (χ0n) is 9.09. The van der Waals surface area contributed by atoms with E-state index in [0.717, 1.165) is 10.6 Å². The van der Waals surface area contributed by atoms with Crippen molar-refractivity contribution in [2.45, 2.75) is 33.1 Å². The Hall–Kier alpha value is -0.960. The Morgan fingerprint density at radius 2 is 2.07 bits per heavy atom. The number of rotatable bonds is 2. The Morgan fingerprint density at radius 3 is 2.50 bits per heavy atom. The molecule has 0 aliphatic carbocycles. The highest BCUT2D eigenvalue weighted by Crippen LogP contribution is 2.36. The molecule has 1 aromatic rings. The zero-order chi connectivity index (χ0) is 10.8. The quantitative estimate of drug-likeness (QED) is 0.718. The van der Waals surface area contributed by atoms with Crippen molar-refractivity contribution in [3.8, 4) is 0 Å². The van der Waals surface area contributed by atoms with Crippen LogP contribution in [0.4, 0.5) is 5.00 Å². The summed E-state index contributed by atoms with van der Waals surface area (Å²) in [4.78, 5) is 4.25. The molecule has 76 valence electrons. The molecule has 0 unspecified atom stereocenters. The van der Waals surface area contributed by atoms with Gasteiger partial charge in [0.05, 0.1) is 0 Å². The van der Waals surface area contributed by atoms with E-state index in [1.165, 1.54) is 11.8 Å². The van der Waals surface area contributed by atoms with Gasteiger partial charge in [-0.3, -0.25) is 0 Å². The normalized spacial score (nSPS) is 12.3. The van der Waals surface area contributed by atoms with Gasteiger partial charge in [0.1, 0.15) is 5.00 Å². The molecule has 0 aliphatic rings. The first kappa shape index (κ1) is 11.1. The minimum absolute atomic E-state index is 0.0882. The number of nitrogens with zero attached hydrogens (tertiary/aromatic N) is 1. The molecule has 0 saturated carbocycles. The summed E-state index contributed by atoms with van der Waals surface area (Å²) < 4.78 is 0. The molecular formula is C11H16N2S. The molecule has 0 spiro atoms. The molecule has 3 heteroatoms. The number of hydrogen-bond donors (Lipinski definition) is 1. The third kappa shape index (κ3) is 2.10. The zero-order valence-corrected chi connectivity index (χ0v) is 9.90. The number of nitrogens with one attached hydrogen (secondary N) is 1. The summed E-state index contributed by atoms with van der Waals surface area (Å²) in [7, 11) is 0. The van der Waals surface area contributed by atoms with Gasteiger partial charge in [0, 0.05) is 18.0 Å². The second-order valence-electron chi connectivity index (χ2n) is 4.15. The SMILES string of the molecule is C/C=N\c1scc(C(C)(C)C)c1C=N. The van der Waals surface area contributed by atoms with Gasteiger partial charge in [0.15, 0.2) is 0 Å². The Kier molecular flexibility index (Phi) is 3.21. The molecule has 0 aliphatic heterocycles. The maximum absolute atomic E-state index is 7.41. The average molecular weight is 208 g/mol. The van der Waals surface area contributed by atoms with Crippen molar-refractivity contribution in [3.05, 3.63) is 16.5 Å². The van der Waals surface area contributed by atoms with Gasteiger partial charge in [0.2, 0.25) is 0 Å². The smallest absolute Gasteiger partial charge is 0.124 e. The van der Waals surface area contributed by atoms with Crippen LogP contribution in [0.25, 0.3) is 0 Å². The lowest BCUT2D eigenvalue weighted by molar-refractivity contribution is 0.592. The van der Waals surface area contributed by atoms with Crippen molar-refractivity contribution >= 4 is 28.8 Å². The van der Waals surface area contributed by atoms with Gasteiger partial charge in [-0.2, -0.15) is 0 Å². The first-order valence-corrected chi connectivity index (χ1v) is 5.49. The Morgan fingerprint density at radius 1 is 1.43 bits per heavy atom. The molecule has 0 radical (unpaired) electrons. The van der Waals surface area contributed by atoms with Gasteiger partial charge in [-0.1, -0.05) is 20.8 Å². The predicted molar refractivity (Wildman–Crippen MR) is 64.7 cm³/mol. The van der Waals surface area contributed by atoms with E-state index in [1.807, 2.05) is 6.92 Å². The van der Waals surface area contributed by atoms with Crippen LogP contribution < -0.4 is 0 Å². The molecule has 14 heavy (non-hydrogen) atoms. The van der Waals surface area contributed by atoms with Gasteiger partial charge in [-0.25, -0.2) is 4.99 Å². The molecule has 0 saturated heterocycles. The number of aliphatic imine (C=N–C) groups is 1. The van der Waals surface area contributed by atoms with Crippen molar-refractivity contribution in [3.63, 3.8) is 0 Å². The van der Waals surface area contributed by atoms with Crippen LogP contribution in [-0.2, 0) is 5.41 Å². The molecule has 1 aromatic heterocycles. The maximum atomic E-state index is 7.41. The Bertz CT molecular complexity index is 356. The lowest BCUT2D eigenvalue weighted by atomic mass is 9.86. The van der Waals surface area contributed by atoms with Crippen LogP contribution in [0.3, 0.4) is 0 Å². The van der Waals surface area contributed by atoms with Crippen LogP contribution in [0.1, 0.15) is 38.8 Å². The van der Waals surface area contributed by atoms with Crippen molar-refractivity contribution in [2.75, 3.05) is 0 Å². The summed E-state index contributed by atoms with van der Waals surface area (Å²) >= 11 is 1.60. The van der Waals surface area contributed by atoms with Crippen molar-refractivity contribution < 1.29 is 0 Å². The number of thiophene rings is 1. The molecule has 1 N–H and O–H groups in total. The lowest BCUT2D eigenvalue weighted by Crippen LogP contribution is -2.11. The fraction of sp³-hybridized carbons (Fsp3) is 0.455. The van der Waals surface area contributed by atoms with E-state index < -0.39 is 0 Å². The van der Waals surface area contributed by atoms with Crippen molar-refractivity contribution in [1.82, 2.24) is 0 Å². The summed E-state index contributed by atoms with van der Waals surface area (Å²) in [6.07, 6.45) is 3.17. The molecule has 1 heterocycles. The van der Waals surface area contributed by atoms with Gasteiger partial charge in [0.25, 0.3) is 0 Å². The van der Waals surface area contributed by atoms with Crippen LogP contribution >= 0.6 is 11.3 Å². The van der Waals surface area contributed by atoms with E-state index in [-0.39, 0.29) is 5.41 Å². The maximum Gasteiger partial charge on any atom is 0.124 e. The van der Waals surface area contributed by atoms with E-state index in [1.54, 1.807) is 17.6 Å². The van der Waals surface area contributed by atoms with Crippen LogP contribution in [0.15, 0.2) is 10.4 Å². The molecule has 0 bridgehead atoms. The summed E-state index contributed by atoms with van der Waals surface area (Å²) in [5.74, 6) is 0. The largest absolute Gasteiger partial charge is 0.308 e. The monoisotopic (exact) mass is 208 g/mol. The predicted octanol–water partition coefficient (Wildman–Crippen LogP) is 3.77. The fourth-order valence-electron chi connectivity index (χ4n) is 1.29. The molecule has 2 nitrogen and oxygen atoms in total. The topological polar surface area (TPSA) is 36.2 Å². The second-order valence-corrected chi connectivity index (χ2v) is 5.01. The summed E-state index contributed by atoms with van der Waals surface area (Å²) in [5.41, 5.74) is 2.25. The lowest BCUT2D eigenvalue weighted by Gasteiger charge is -2.18. The molecular weight excluding hydrogens is 192 g/mol. The minimum atomic E-state index is 0.0882. The first-order chi connectivity index (χ1) is 6.50. The third-order valence-corrected chi connectivity index (χ3v) is 2.91. The van der Waals surface area contributed by atoms with Crippen LogP contribution in [0.2, 0.25) is 0 Å². The van der Waals surface area contributed by atoms with Crippen LogP contribution in [0.5, 0.6) is 0 Å². The van der Waals surface area contributed by atoms with Gasteiger partial charge in [-0.05, 0) is 23.3 Å². The van der Waals surface area contributed by atoms with Crippen LogP contribution in [-0.4, -0.2) is 12.4 Å². The van der Waals surface area contributed by atoms with E-state index in [4.69, 9.17) is 5.41 Å². The molecule has 0 amide bonds. The first-order valence-electron chi connectivity index (χ1n) is 4.62. The minimum Gasteiger partial charge on any atom is -0.308 e. The average Bonchev–Trinajstić information content (AvgIpc) is 2.47. The summed E-state index contributed by atoms with van der Waals surface area (Å²) in [6.45, 7) is 8.36. The standard InChI is InChI=1S/C11H16N2S/c1-5-13-10-8(6-12)9(7-14-10)11(2,3)4/h5-7,12H,1-4H3/b12-6?,13-5-. The molecule has 0 fully saturated rings.